The minimum absolute atomic E-state index is 0.0468. The fraction of sp³-hybridized carbons (Fsp3) is 0.633. The Balaban J connectivity index is 1.62. The van der Waals surface area contributed by atoms with Gasteiger partial charge in [-0.3, -0.25) is 9.59 Å². The number of aromatic nitrogens is 2. The lowest BCUT2D eigenvalue weighted by atomic mass is 9.92. The molecule has 2 aliphatic heterocycles. The van der Waals surface area contributed by atoms with E-state index in [0.717, 1.165) is 36.5 Å². The van der Waals surface area contributed by atoms with Crippen molar-refractivity contribution in [3.63, 3.8) is 0 Å². The van der Waals surface area contributed by atoms with Crippen molar-refractivity contribution >= 4 is 11.8 Å². The van der Waals surface area contributed by atoms with Gasteiger partial charge in [0.1, 0.15) is 11.5 Å². The van der Waals surface area contributed by atoms with Gasteiger partial charge in [-0.05, 0) is 50.7 Å². The minimum atomic E-state index is -0.151. The number of morpholine rings is 1. The van der Waals surface area contributed by atoms with Crippen LogP contribution in [-0.4, -0.2) is 96.9 Å². The summed E-state index contributed by atoms with van der Waals surface area (Å²) in [6.45, 7) is 11.3. The third-order valence-corrected chi connectivity index (χ3v) is 7.63. The zero-order valence-corrected chi connectivity index (χ0v) is 24.0. The van der Waals surface area contributed by atoms with Gasteiger partial charge in [0, 0.05) is 58.2 Å². The maximum atomic E-state index is 14.4. The lowest BCUT2D eigenvalue weighted by Crippen LogP contribution is -2.56. The molecule has 2 atom stereocenters. The van der Waals surface area contributed by atoms with E-state index in [9.17, 15) is 9.59 Å². The predicted molar refractivity (Wildman–Crippen MR) is 151 cm³/mol. The van der Waals surface area contributed by atoms with Gasteiger partial charge in [-0.15, -0.1) is 0 Å². The van der Waals surface area contributed by atoms with Crippen LogP contribution in [0.4, 0.5) is 0 Å². The zero-order valence-electron chi connectivity index (χ0n) is 24.0. The summed E-state index contributed by atoms with van der Waals surface area (Å²) in [5.41, 5.74) is 2.48. The van der Waals surface area contributed by atoms with Crippen molar-refractivity contribution in [2.75, 3.05) is 59.7 Å². The van der Waals surface area contributed by atoms with E-state index in [2.05, 4.69) is 35.9 Å². The van der Waals surface area contributed by atoms with E-state index < -0.39 is 0 Å². The molecule has 0 saturated carbocycles. The van der Waals surface area contributed by atoms with E-state index in [1.54, 1.807) is 7.11 Å². The number of methoxy groups -OCH3 is 1. The molecule has 0 bridgehead atoms. The fourth-order valence-corrected chi connectivity index (χ4v) is 5.75. The molecule has 214 valence electrons. The van der Waals surface area contributed by atoms with Crippen LogP contribution in [0.2, 0.25) is 0 Å². The standard InChI is InChI=1S/C30H45N5O4/c1-22(2)21-34(26-18-24(19-31-20-26)29(36)33-13-16-39-17-14-33)30(37)28-27(12-8-9-15-38-4)35(23(3)32-28)25-10-6-5-7-11-25/h5-7,10-11,22,24,26,31H,8-9,12-21H2,1-4H3/t24-,26+/m1/s1. The van der Waals surface area contributed by atoms with Gasteiger partial charge < -0.3 is 29.2 Å². The molecule has 4 rings (SSSR count). The highest BCUT2D eigenvalue weighted by molar-refractivity contribution is 5.94. The molecule has 0 unspecified atom stereocenters. The smallest absolute Gasteiger partial charge is 0.274 e. The van der Waals surface area contributed by atoms with Gasteiger partial charge in [-0.2, -0.15) is 0 Å². The van der Waals surface area contributed by atoms with E-state index >= 15 is 0 Å². The maximum absolute atomic E-state index is 14.4. The van der Waals surface area contributed by atoms with Crippen LogP contribution < -0.4 is 5.32 Å². The molecule has 39 heavy (non-hydrogen) atoms. The highest BCUT2D eigenvalue weighted by Gasteiger charge is 2.37. The van der Waals surface area contributed by atoms with Gasteiger partial charge in [0.2, 0.25) is 5.91 Å². The van der Waals surface area contributed by atoms with Crippen LogP contribution in [0.1, 0.15) is 55.1 Å². The molecule has 1 aromatic carbocycles. The Morgan fingerprint density at radius 3 is 2.59 bits per heavy atom. The molecule has 9 heteroatoms. The largest absolute Gasteiger partial charge is 0.385 e. The van der Waals surface area contributed by atoms with E-state index in [0.29, 0.717) is 64.7 Å². The average molecular weight is 540 g/mol. The van der Waals surface area contributed by atoms with E-state index in [1.165, 1.54) is 0 Å². The van der Waals surface area contributed by atoms with Gasteiger partial charge in [-0.25, -0.2) is 4.98 Å². The van der Waals surface area contributed by atoms with Crippen molar-refractivity contribution in [2.45, 2.75) is 52.5 Å². The van der Waals surface area contributed by atoms with E-state index in [4.69, 9.17) is 14.5 Å². The van der Waals surface area contributed by atoms with Crippen LogP contribution in [0.25, 0.3) is 5.69 Å². The summed E-state index contributed by atoms with van der Waals surface area (Å²) in [6, 6.07) is 10.0. The number of hydrogen-bond acceptors (Lipinski definition) is 6. The maximum Gasteiger partial charge on any atom is 0.274 e. The summed E-state index contributed by atoms with van der Waals surface area (Å²) in [5, 5.41) is 3.46. The molecular weight excluding hydrogens is 494 g/mol. The Labute approximate surface area is 232 Å². The summed E-state index contributed by atoms with van der Waals surface area (Å²) in [4.78, 5) is 36.4. The van der Waals surface area contributed by atoms with Crippen LogP contribution in [0, 0.1) is 18.8 Å². The number of imidazole rings is 1. The molecule has 0 radical (unpaired) electrons. The number of carbonyl (C=O) groups is 2. The molecule has 2 aromatic rings. The zero-order chi connectivity index (χ0) is 27.8. The molecular formula is C30H45N5O4. The molecule has 1 N–H and O–H groups in total. The molecule has 1 aromatic heterocycles. The lowest BCUT2D eigenvalue weighted by Gasteiger charge is -2.40. The number of rotatable bonds is 11. The van der Waals surface area contributed by atoms with Gasteiger partial charge in [0.25, 0.3) is 5.91 Å². The Morgan fingerprint density at radius 2 is 1.90 bits per heavy atom. The van der Waals surface area contributed by atoms with E-state index in [-0.39, 0.29) is 29.7 Å². The van der Waals surface area contributed by atoms with Crippen molar-refractivity contribution in [1.29, 1.82) is 0 Å². The van der Waals surface area contributed by atoms with Gasteiger partial charge >= 0.3 is 0 Å². The Kier molecular flexibility index (Phi) is 10.5. The summed E-state index contributed by atoms with van der Waals surface area (Å²) < 4.78 is 12.8. The number of ether oxygens (including phenoxy) is 2. The number of carbonyl (C=O) groups excluding carboxylic acids is 2. The highest BCUT2D eigenvalue weighted by Crippen LogP contribution is 2.26. The highest BCUT2D eigenvalue weighted by atomic mass is 16.5. The Morgan fingerprint density at radius 1 is 1.15 bits per heavy atom. The summed E-state index contributed by atoms with van der Waals surface area (Å²) in [7, 11) is 1.71. The van der Waals surface area contributed by atoms with Gasteiger partial charge in [0.05, 0.1) is 24.8 Å². The van der Waals surface area contributed by atoms with Crippen molar-refractivity contribution < 1.29 is 19.1 Å². The third-order valence-electron chi connectivity index (χ3n) is 7.63. The first-order valence-electron chi connectivity index (χ1n) is 14.4. The van der Waals surface area contributed by atoms with Crippen LogP contribution in [0.3, 0.4) is 0 Å². The number of nitrogens with one attached hydrogen (secondary N) is 1. The molecule has 2 amide bonds. The number of amides is 2. The first-order valence-corrected chi connectivity index (χ1v) is 14.4. The molecule has 0 spiro atoms. The predicted octanol–water partition coefficient (Wildman–Crippen LogP) is 3.08. The number of para-hydroxylation sites is 1. The molecule has 2 aliphatic rings. The number of aryl methyl sites for hydroxylation is 1. The summed E-state index contributed by atoms with van der Waals surface area (Å²) in [6.07, 6.45) is 3.20. The topological polar surface area (TPSA) is 88.9 Å². The second-order valence-electron chi connectivity index (χ2n) is 11.1. The number of piperidine rings is 1. The van der Waals surface area contributed by atoms with Crippen molar-refractivity contribution in [3.05, 3.63) is 47.5 Å². The monoisotopic (exact) mass is 539 g/mol. The van der Waals surface area contributed by atoms with Crippen molar-refractivity contribution in [3.8, 4) is 5.69 Å². The number of unbranched alkanes of at least 4 members (excludes halogenated alkanes) is 1. The molecule has 0 aliphatic carbocycles. The molecule has 2 fully saturated rings. The van der Waals surface area contributed by atoms with Crippen LogP contribution in [0.15, 0.2) is 30.3 Å². The van der Waals surface area contributed by atoms with Crippen LogP contribution in [-0.2, 0) is 20.7 Å². The Hall–Kier alpha value is -2.75. The first kappa shape index (κ1) is 29.2. The summed E-state index contributed by atoms with van der Waals surface area (Å²) >= 11 is 0. The summed E-state index contributed by atoms with van der Waals surface area (Å²) in [5.74, 6) is 1.05. The molecule has 9 nitrogen and oxygen atoms in total. The average Bonchev–Trinajstić information content (AvgIpc) is 3.29. The lowest BCUT2D eigenvalue weighted by molar-refractivity contribution is -0.140. The van der Waals surface area contributed by atoms with E-state index in [1.807, 2.05) is 34.9 Å². The number of nitrogens with zero attached hydrogens (tertiary/aromatic N) is 4. The minimum Gasteiger partial charge on any atom is -0.385 e. The second-order valence-corrected chi connectivity index (χ2v) is 11.1. The van der Waals surface area contributed by atoms with Crippen molar-refractivity contribution in [2.24, 2.45) is 11.8 Å². The first-order chi connectivity index (χ1) is 18.9. The second kappa shape index (κ2) is 14.1. The van der Waals surface area contributed by atoms with Gasteiger partial charge in [-0.1, -0.05) is 32.0 Å². The SMILES string of the molecule is COCCCCc1c(C(=O)N(CC(C)C)[C@@H]2CNC[C@H](C(=O)N3CCOCC3)C2)nc(C)n1-c1ccccc1. The van der Waals surface area contributed by atoms with Gasteiger partial charge in [0.15, 0.2) is 0 Å². The molecule has 3 heterocycles. The third kappa shape index (κ3) is 7.26. The quantitative estimate of drug-likeness (QED) is 0.442. The fourth-order valence-electron chi connectivity index (χ4n) is 5.75. The number of benzene rings is 1. The number of hydrogen-bond donors (Lipinski definition) is 1. The normalized spacial score (nSPS) is 19.9. The van der Waals surface area contributed by atoms with Crippen LogP contribution in [0.5, 0.6) is 0 Å². The molecule has 2 saturated heterocycles. The van der Waals surface area contributed by atoms with Crippen molar-refractivity contribution in [1.82, 2.24) is 24.7 Å². The van der Waals surface area contributed by atoms with Crippen LogP contribution >= 0.6 is 0 Å². The Bertz CT molecular complexity index is 1080.